The van der Waals surface area contributed by atoms with Crippen LogP contribution in [0.1, 0.15) is 35.4 Å². The largest absolute Gasteiger partial charge is 0.323 e. The van der Waals surface area contributed by atoms with Crippen molar-refractivity contribution in [2.24, 2.45) is 0 Å². The lowest BCUT2D eigenvalue weighted by atomic mass is 10.2. The van der Waals surface area contributed by atoms with Crippen LogP contribution in [0.25, 0.3) is 0 Å². The zero-order valence-electron chi connectivity index (χ0n) is 13.1. The Kier molecular flexibility index (Phi) is 4.91. The third kappa shape index (κ3) is 4.07. The number of anilines is 1. The van der Waals surface area contributed by atoms with Crippen LogP contribution >= 0.6 is 11.3 Å². The summed E-state index contributed by atoms with van der Waals surface area (Å²) in [5.41, 5.74) is 2.03. The van der Waals surface area contributed by atoms with Crippen molar-refractivity contribution in [1.82, 2.24) is 9.88 Å². The Morgan fingerprint density at radius 2 is 2.00 bits per heavy atom. The molecule has 1 N–H and O–H groups in total. The first-order valence-electron chi connectivity index (χ1n) is 7.87. The van der Waals surface area contributed by atoms with Crippen molar-refractivity contribution >= 4 is 22.5 Å². The number of benzene rings is 1. The molecule has 2 amide bonds. The standard InChI is InChI=1S/C17H20FN3OS/c1-21(11-12-7-9-13(18)10-8-12)17(22)20-16-19-14-5-3-2-4-6-15(14)23-16/h7-10H,2-6,11H2,1H3,(H,19,20,22). The van der Waals surface area contributed by atoms with Crippen LogP contribution in [0.4, 0.5) is 14.3 Å². The molecule has 0 fully saturated rings. The molecule has 0 saturated carbocycles. The normalized spacial score (nSPS) is 14.0. The third-order valence-electron chi connectivity index (χ3n) is 3.99. The lowest BCUT2D eigenvalue weighted by molar-refractivity contribution is 0.220. The average Bonchev–Trinajstić information content (AvgIpc) is 2.78. The average molecular weight is 333 g/mol. The Labute approximate surface area is 139 Å². The van der Waals surface area contributed by atoms with Crippen molar-refractivity contribution < 1.29 is 9.18 Å². The van der Waals surface area contributed by atoms with Gasteiger partial charge in [-0.1, -0.05) is 18.6 Å². The molecule has 1 aliphatic carbocycles. The summed E-state index contributed by atoms with van der Waals surface area (Å²) >= 11 is 1.58. The number of rotatable bonds is 3. The van der Waals surface area contributed by atoms with Crippen LogP contribution in [-0.4, -0.2) is 23.0 Å². The topological polar surface area (TPSA) is 45.2 Å². The molecule has 6 heteroatoms. The molecule has 1 aliphatic rings. The van der Waals surface area contributed by atoms with Crippen LogP contribution in [0.5, 0.6) is 0 Å². The summed E-state index contributed by atoms with van der Waals surface area (Å²) in [4.78, 5) is 19.7. The van der Waals surface area contributed by atoms with E-state index in [0.717, 1.165) is 24.1 Å². The van der Waals surface area contributed by atoms with E-state index in [1.165, 1.54) is 36.3 Å². The summed E-state index contributed by atoms with van der Waals surface area (Å²) < 4.78 is 12.9. The number of amides is 2. The quantitative estimate of drug-likeness (QED) is 0.855. The number of fused-ring (bicyclic) bond motifs is 1. The van der Waals surface area contributed by atoms with Gasteiger partial charge in [0.2, 0.25) is 0 Å². The molecule has 1 heterocycles. The van der Waals surface area contributed by atoms with Gasteiger partial charge in [0.15, 0.2) is 5.13 Å². The molecule has 0 atom stereocenters. The van der Waals surface area contributed by atoms with Crippen molar-refractivity contribution in [2.75, 3.05) is 12.4 Å². The Morgan fingerprint density at radius 1 is 1.26 bits per heavy atom. The Morgan fingerprint density at radius 3 is 2.78 bits per heavy atom. The summed E-state index contributed by atoms with van der Waals surface area (Å²) in [6.45, 7) is 0.428. The first kappa shape index (κ1) is 15.9. The number of carbonyl (C=O) groups is 1. The minimum atomic E-state index is -0.273. The molecule has 0 radical (unpaired) electrons. The van der Waals surface area contributed by atoms with Gasteiger partial charge < -0.3 is 4.90 Å². The van der Waals surface area contributed by atoms with Gasteiger partial charge in [0.25, 0.3) is 0 Å². The number of hydrogen-bond donors (Lipinski definition) is 1. The summed E-state index contributed by atoms with van der Waals surface area (Å²) in [5.74, 6) is -0.273. The summed E-state index contributed by atoms with van der Waals surface area (Å²) in [7, 11) is 1.72. The fraction of sp³-hybridized carbons (Fsp3) is 0.412. The highest BCUT2D eigenvalue weighted by molar-refractivity contribution is 7.15. The van der Waals surface area contributed by atoms with E-state index in [4.69, 9.17) is 0 Å². The van der Waals surface area contributed by atoms with E-state index in [0.29, 0.717) is 11.7 Å². The van der Waals surface area contributed by atoms with E-state index in [2.05, 4.69) is 10.3 Å². The van der Waals surface area contributed by atoms with Gasteiger partial charge in [-0.2, -0.15) is 0 Å². The second kappa shape index (κ2) is 7.08. The highest BCUT2D eigenvalue weighted by Gasteiger charge is 2.17. The molecule has 122 valence electrons. The van der Waals surface area contributed by atoms with Gasteiger partial charge in [0.05, 0.1) is 5.69 Å². The maximum absolute atomic E-state index is 12.9. The Bertz CT molecular complexity index is 660. The van der Waals surface area contributed by atoms with E-state index in [9.17, 15) is 9.18 Å². The van der Waals surface area contributed by atoms with Crippen LogP contribution in [-0.2, 0) is 19.4 Å². The number of aryl methyl sites for hydroxylation is 2. The van der Waals surface area contributed by atoms with Gasteiger partial charge >= 0.3 is 6.03 Å². The lowest BCUT2D eigenvalue weighted by Gasteiger charge is -2.17. The number of thiazole rings is 1. The summed E-state index contributed by atoms with van der Waals surface area (Å²) in [5, 5.41) is 3.55. The first-order chi connectivity index (χ1) is 11.1. The van der Waals surface area contributed by atoms with E-state index < -0.39 is 0 Å². The number of halogens is 1. The summed E-state index contributed by atoms with van der Waals surface area (Å²) in [6, 6.07) is 5.98. The molecular formula is C17H20FN3OS. The van der Waals surface area contributed by atoms with Crippen molar-refractivity contribution in [2.45, 2.75) is 38.6 Å². The molecule has 0 spiro atoms. The molecule has 23 heavy (non-hydrogen) atoms. The van der Waals surface area contributed by atoms with Crippen LogP contribution in [0.15, 0.2) is 24.3 Å². The number of aromatic nitrogens is 1. The molecule has 0 aliphatic heterocycles. The maximum Gasteiger partial charge on any atom is 0.323 e. The SMILES string of the molecule is CN(Cc1ccc(F)cc1)C(=O)Nc1nc2c(s1)CCCCC2. The number of nitrogens with zero attached hydrogens (tertiary/aromatic N) is 2. The van der Waals surface area contributed by atoms with E-state index in [-0.39, 0.29) is 11.8 Å². The number of urea groups is 1. The number of nitrogens with one attached hydrogen (secondary N) is 1. The van der Waals surface area contributed by atoms with E-state index in [1.54, 1.807) is 35.4 Å². The van der Waals surface area contributed by atoms with E-state index >= 15 is 0 Å². The van der Waals surface area contributed by atoms with Crippen molar-refractivity contribution in [3.05, 3.63) is 46.2 Å². The van der Waals surface area contributed by atoms with Crippen LogP contribution < -0.4 is 5.32 Å². The van der Waals surface area contributed by atoms with Gasteiger partial charge in [-0.15, -0.1) is 11.3 Å². The molecular weight excluding hydrogens is 313 g/mol. The predicted octanol–water partition coefficient (Wildman–Crippen LogP) is 4.22. The summed E-state index contributed by atoms with van der Waals surface area (Å²) in [6.07, 6.45) is 5.70. The Balaban J connectivity index is 1.61. The molecule has 3 rings (SSSR count). The van der Waals surface area contributed by atoms with E-state index in [1.807, 2.05) is 0 Å². The van der Waals surface area contributed by atoms with Crippen LogP contribution in [0.2, 0.25) is 0 Å². The fourth-order valence-corrected chi connectivity index (χ4v) is 3.74. The van der Waals surface area contributed by atoms with Crippen molar-refractivity contribution in [3.8, 4) is 0 Å². The molecule has 0 saturated heterocycles. The zero-order valence-corrected chi connectivity index (χ0v) is 14.0. The molecule has 0 unspecified atom stereocenters. The van der Waals surface area contributed by atoms with Crippen molar-refractivity contribution in [3.63, 3.8) is 0 Å². The van der Waals surface area contributed by atoms with Crippen LogP contribution in [0.3, 0.4) is 0 Å². The third-order valence-corrected chi connectivity index (χ3v) is 5.06. The number of carbonyl (C=O) groups excluding carboxylic acids is 1. The molecule has 1 aromatic carbocycles. The highest BCUT2D eigenvalue weighted by Crippen LogP contribution is 2.29. The highest BCUT2D eigenvalue weighted by atomic mass is 32.1. The number of hydrogen-bond acceptors (Lipinski definition) is 3. The van der Waals surface area contributed by atoms with Crippen LogP contribution in [0, 0.1) is 5.82 Å². The second-order valence-corrected chi connectivity index (χ2v) is 6.95. The minimum absolute atomic E-state index is 0.196. The zero-order chi connectivity index (χ0) is 16.2. The predicted molar refractivity (Wildman–Crippen MR) is 90.3 cm³/mol. The van der Waals surface area contributed by atoms with Gasteiger partial charge in [0, 0.05) is 18.5 Å². The minimum Gasteiger partial charge on any atom is -0.323 e. The fourth-order valence-electron chi connectivity index (χ4n) is 2.70. The van der Waals surface area contributed by atoms with Gasteiger partial charge in [-0.05, 0) is 43.4 Å². The van der Waals surface area contributed by atoms with Gasteiger partial charge in [-0.3, -0.25) is 5.32 Å². The molecule has 2 aromatic rings. The van der Waals surface area contributed by atoms with Gasteiger partial charge in [0.1, 0.15) is 5.82 Å². The molecule has 0 bridgehead atoms. The van der Waals surface area contributed by atoms with Crippen molar-refractivity contribution in [1.29, 1.82) is 0 Å². The first-order valence-corrected chi connectivity index (χ1v) is 8.68. The monoisotopic (exact) mass is 333 g/mol. The Hall–Kier alpha value is -1.95. The second-order valence-electron chi connectivity index (χ2n) is 5.86. The molecule has 1 aromatic heterocycles. The molecule has 4 nitrogen and oxygen atoms in total. The maximum atomic E-state index is 12.9. The van der Waals surface area contributed by atoms with Gasteiger partial charge in [-0.25, -0.2) is 14.2 Å². The lowest BCUT2D eigenvalue weighted by Crippen LogP contribution is -2.30. The smallest absolute Gasteiger partial charge is 0.323 e.